The van der Waals surface area contributed by atoms with E-state index < -0.39 is 0 Å². The van der Waals surface area contributed by atoms with E-state index >= 15 is 0 Å². The molecule has 0 atom stereocenters. The highest BCUT2D eigenvalue weighted by atomic mass is 79.9. The topological polar surface area (TPSA) is 91.0 Å². The van der Waals surface area contributed by atoms with Gasteiger partial charge in [-0.05, 0) is 48.9 Å². The van der Waals surface area contributed by atoms with E-state index in [0.29, 0.717) is 28.7 Å². The van der Waals surface area contributed by atoms with Crippen molar-refractivity contribution < 1.29 is 4.52 Å². The van der Waals surface area contributed by atoms with Gasteiger partial charge in [-0.3, -0.25) is 0 Å². The van der Waals surface area contributed by atoms with Crippen molar-refractivity contribution in [3.63, 3.8) is 0 Å². The monoisotopic (exact) mass is 344 g/mol. The van der Waals surface area contributed by atoms with Gasteiger partial charge in [0.1, 0.15) is 0 Å². The molecule has 0 saturated heterocycles. The summed E-state index contributed by atoms with van der Waals surface area (Å²) in [6, 6.07) is 11.1. The number of nitrogens with zero attached hydrogens (tertiary/aromatic N) is 2. The summed E-state index contributed by atoms with van der Waals surface area (Å²) in [6.45, 7) is 1.99. The van der Waals surface area contributed by atoms with E-state index in [2.05, 4.69) is 26.1 Å². The molecule has 4 N–H and O–H groups in total. The lowest BCUT2D eigenvalue weighted by molar-refractivity contribution is 0.432. The average molecular weight is 345 g/mol. The number of hydrogen-bond acceptors (Lipinski definition) is 5. The van der Waals surface area contributed by atoms with Gasteiger partial charge in [0.15, 0.2) is 0 Å². The molecule has 0 spiro atoms. The Morgan fingerprint density at radius 3 is 2.43 bits per heavy atom. The van der Waals surface area contributed by atoms with E-state index in [0.717, 1.165) is 15.6 Å². The first-order chi connectivity index (χ1) is 10.0. The molecule has 0 bridgehead atoms. The van der Waals surface area contributed by atoms with Gasteiger partial charge in [0.2, 0.25) is 5.82 Å². The van der Waals surface area contributed by atoms with Crippen LogP contribution in [0.3, 0.4) is 0 Å². The predicted molar refractivity (Wildman–Crippen MR) is 86.4 cm³/mol. The summed E-state index contributed by atoms with van der Waals surface area (Å²) in [5.74, 6) is 0.933. The summed E-state index contributed by atoms with van der Waals surface area (Å²) in [5.41, 5.74) is 15.4. The van der Waals surface area contributed by atoms with Crippen LogP contribution < -0.4 is 11.5 Å². The van der Waals surface area contributed by atoms with E-state index in [1.807, 2.05) is 25.1 Å². The van der Waals surface area contributed by atoms with Crippen LogP contribution >= 0.6 is 15.9 Å². The highest BCUT2D eigenvalue weighted by Crippen LogP contribution is 2.28. The minimum atomic E-state index is 0.395. The maximum Gasteiger partial charge on any atom is 0.258 e. The first-order valence-corrected chi connectivity index (χ1v) is 7.09. The molecule has 0 fully saturated rings. The molecule has 0 aliphatic heterocycles. The van der Waals surface area contributed by atoms with Gasteiger partial charge < -0.3 is 16.0 Å². The minimum Gasteiger partial charge on any atom is -0.399 e. The van der Waals surface area contributed by atoms with Crippen LogP contribution in [0.4, 0.5) is 11.4 Å². The van der Waals surface area contributed by atoms with Gasteiger partial charge in [0.25, 0.3) is 5.89 Å². The van der Waals surface area contributed by atoms with Gasteiger partial charge in [-0.25, -0.2) is 0 Å². The highest BCUT2D eigenvalue weighted by Gasteiger charge is 2.13. The van der Waals surface area contributed by atoms with Crippen molar-refractivity contribution in [3.05, 3.63) is 46.4 Å². The summed E-state index contributed by atoms with van der Waals surface area (Å²) >= 11 is 3.43. The second-order valence-electron chi connectivity index (χ2n) is 4.77. The molecule has 1 aromatic heterocycles. The second-order valence-corrected chi connectivity index (χ2v) is 5.69. The lowest BCUT2D eigenvalue weighted by Gasteiger charge is -2.01. The third kappa shape index (κ3) is 2.75. The third-order valence-electron chi connectivity index (χ3n) is 3.08. The van der Waals surface area contributed by atoms with Gasteiger partial charge in [0.05, 0.1) is 0 Å². The highest BCUT2D eigenvalue weighted by molar-refractivity contribution is 9.10. The Morgan fingerprint density at radius 2 is 1.76 bits per heavy atom. The van der Waals surface area contributed by atoms with Gasteiger partial charge in [-0.2, -0.15) is 4.98 Å². The smallest absolute Gasteiger partial charge is 0.258 e. The number of aromatic nitrogens is 2. The van der Waals surface area contributed by atoms with Crippen LogP contribution in [0.15, 0.2) is 45.4 Å². The van der Waals surface area contributed by atoms with E-state index in [-0.39, 0.29) is 0 Å². The lowest BCUT2D eigenvalue weighted by atomic mass is 10.1. The average Bonchev–Trinajstić information content (AvgIpc) is 2.87. The molecular formula is C15H13BrN4O. The Kier molecular flexibility index (Phi) is 3.39. The van der Waals surface area contributed by atoms with Crippen molar-refractivity contribution in [2.45, 2.75) is 6.92 Å². The molecule has 0 aliphatic rings. The Balaban J connectivity index is 2.03. The van der Waals surface area contributed by atoms with Crippen LogP contribution in [-0.2, 0) is 0 Å². The lowest BCUT2D eigenvalue weighted by Crippen LogP contribution is -1.91. The molecule has 1 heterocycles. The molecule has 0 unspecified atom stereocenters. The normalized spacial score (nSPS) is 10.8. The molecule has 0 aliphatic carbocycles. The Labute approximate surface area is 130 Å². The molecule has 2 aromatic carbocycles. The number of nitrogen functional groups attached to an aromatic ring is 2. The number of anilines is 2. The van der Waals surface area contributed by atoms with Crippen LogP contribution in [0.5, 0.6) is 0 Å². The van der Waals surface area contributed by atoms with Crippen LogP contribution in [0.2, 0.25) is 0 Å². The fourth-order valence-corrected chi connectivity index (χ4v) is 2.60. The first kappa shape index (κ1) is 13.6. The number of hydrogen-bond donors (Lipinski definition) is 2. The molecule has 5 nitrogen and oxygen atoms in total. The summed E-state index contributed by atoms with van der Waals surface area (Å²) in [7, 11) is 0. The summed E-state index contributed by atoms with van der Waals surface area (Å²) in [4.78, 5) is 4.42. The Hall–Kier alpha value is -2.34. The number of halogens is 1. The van der Waals surface area contributed by atoms with Crippen LogP contribution in [-0.4, -0.2) is 10.1 Å². The van der Waals surface area contributed by atoms with E-state index in [4.69, 9.17) is 16.0 Å². The van der Waals surface area contributed by atoms with Crippen molar-refractivity contribution in [1.82, 2.24) is 10.1 Å². The number of aryl methyl sites for hydroxylation is 1. The van der Waals surface area contributed by atoms with E-state index in [1.165, 1.54) is 0 Å². The SMILES string of the molecule is Cc1cc(Br)ccc1-c1noc(-c2cc(N)cc(N)c2)n1. The zero-order valence-corrected chi connectivity index (χ0v) is 12.9. The van der Waals surface area contributed by atoms with E-state index in [1.54, 1.807) is 18.2 Å². The van der Waals surface area contributed by atoms with Crippen molar-refractivity contribution in [2.24, 2.45) is 0 Å². The molecule has 3 rings (SSSR count). The molecule has 0 radical (unpaired) electrons. The molecule has 21 heavy (non-hydrogen) atoms. The summed E-state index contributed by atoms with van der Waals surface area (Å²) < 4.78 is 6.33. The first-order valence-electron chi connectivity index (χ1n) is 6.29. The maximum atomic E-state index is 5.78. The van der Waals surface area contributed by atoms with Crippen LogP contribution in [0.1, 0.15) is 5.56 Å². The number of rotatable bonds is 2. The van der Waals surface area contributed by atoms with Crippen LogP contribution in [0.25, 0.3) is 22.8 Å². The zero-order chi connectivity index (χ0) is 15.0. The molecule has 0 saturated carbocycles. The Morgan fingerprint density at radius 1 is 1.05 bits per heavy atom. The van der Waals surface area contributed by atoms with Crippen molar-refractivity contribution in [3.8, 4) is 22.8 Å². The maximum absolute atomic E-state index is 5.78. The fraction of sp³-hybridized carbons (Fsp3) is 0.0667. The fourth-order valence-electron chi connectivity index (χ4n) is 2.13. The molecule has 3 aromatic rings. The zero-order valence-electron chi connectivity index (χ0n) is 11.3. The largest absolute Gasteiger partial charge is 0.399 e. The molecule has 6 heteroatoms. The van der Waals surface area contributed by atoms with Gasteiger partial charge in [-0.15, -0.1) is 0 Å². The molecular weight excluding hydrogens is 332 g/mol. The van der Waals surface area contributed by atoms with Crippen LogP contribution in [0, 0.1) is 6.92 Å². The summed E-state index contributed by atoms with van der Waals surface area (Å²) in [5, 5.41) is 4.03. The molecule has 0 amide bonds. The van der Waals surface area contributed by atoms with Gasteiger partial charge in [-0.1, -0.05) is 21.1 Å². The second kappa shape index (κ2) is 5.21. The van der Waals surface area contributed by atoms with E-state index in [9.17, 15) is 0 Å². The quantitative estimate of drug-likeness (QED) is 0.692. The van der Waals surface area contributed by atoms with Gasteiger partial charge in [0, 0.05) is 27.0 Å². The standard InChI is InChI=1S/C15H13BrN4O/c1-8-4-10(16)2-3-13(8)14-19-15(21-20-14)9-5-11(17)7-12(18)6-9/h2-7H,17-18H2,1H3. The van der Waals surface area contributed by atoms with Crippen molar-refractivity contribution >= 4 is 27.3 Å². The minimum absolute atomic E-state index is 0.395. The summed E-state index contributed by atoms with van der Waals surface area (Å²) in [6.07, 6.45) is 0. The number of nitrogens with two attached hydrogens (primary N) is 2. The third-order valence-corrected chi connectivity index (χ3v) is 3.57. The van der Waals surface area contributed by atoms with Crippen molar-refractivity contribution in [2.75, 3.05) is 11.5 Å². The van der Waals surface area contributed by atoms with Gasteiger partial charge >= 0.3 is 0 Å². The predicted octanol–water partition coefficient (Wildman–Crippen LogP) is 3.64. The Bertz CT molecular complexity index is 793. The molecule has 106 valence electrons. The van der Waals surface area contributed by atoms with Crippen molar-refractivity contribution in [1.29, 1.82) is 0 Å². The number of benzene rings is 2.